The Hall–Kier alpha value is -6.11. The average molecular weight is 1170 g/mol. The van der Waals surface area contributed by atoms with E-state index in [4.69, 9.17) is 14.2 Å². The van der Waals surface area contributed by atoms with Gasteiger partial charge in [0.2, 0.25) is 29.5 Å². The third-order valence-corrected chi connectivity index (χ3v) is 17.7. The molecule has 0 spiro atoms. The first-order valence-electron chi connectivity index (χ1n) is 30.8. The normalized spacial score (nSPS) is 18.4. The van der Waals surface area contributed by atoms with Crippen molar-refractivity contribution in [1.29, 1.82) is 0 Å². The lowest BCUT2D eigenvalue weighted by atomic mass is 9.83. The fraction of sp³-hybridized carbons (Fsp3) is 0.652. The maximum Gasteiger partial charge on any atom is 0.310 e. The largest absolute Gasteiger partial charge is 0.461 e. The molecule has 2 N–H and O–H groups in total. The number of hydrogen-bond acceptors (Lipinski definition) is 13. The van der Waals surface area contributed by atoms with Crippen LogP contribution in [0.25, 0.3) is 10.9 Å². The molecular weight excluding hydrogens is 1070 g/mol. The fourth-order valence-corrected chi connectivity index (χ4v) is 12.6. The summed E-state index contributed by atoms with van der Waals surface area (Å²) >= 11 is 0. The Morgan fingerprint density at radius 1 is 0.810 bits per heavy atom. The van der Waals surface area contributed by atoms with Gasteiger partial charge in [-0.1, -0.05) is 117 Å². The number of imide groups is 1. The molecular formula is C66H98N6O12. The molecule has 0 bridgehead atoms. The van der Waals surface area contributed by atoms with Gasteiger partial charge in [0.25, 0.3) is 0 Å². The molecule has 3 heterocycles. The molecule has 464 valence electrons. The molecule has 1 unspecified atom stereocenters. The number of carbonyl (C=O) groups excluding carboxylic acids is 9. The van der Waals surface area contributed by atoms with Crippen molar-refractivity contribution in [3.63, 3.8) is 0 Å². The number of methoxy groups -OCH3 is 2. The number of benzene rings is 2. The predicted octanol–water partition coefficient (Wildman–Crippen LogP) is 8.56. The molecule has 3 aromatic rings. The second-order valence-electron chi connectivity index (χ2n) is 24.5. The van der Waals surface area contributed by atoms with E-state index in [1.807, 2.05) is 114 Å². The van der Waals surface area contributed by atoms with Crippen LogP contribution in [0.2, 0.25) is 0 Å². The van der Waals surface area contributed by atoms with E-state index in [-0.39, 0.29) is 129 Å². The number of H-pyrrole nitrogens is 1. The highest BCUT2D eigenvalue weighted by atomic mass is 16.5. The zero-order chi connectivity index (χ0) is 61.8. The summed E-state index contributed by atoms with van der Waals surface area (Å²) < 4.78 is 18.1. The van der Waals surface area contributed by atoms with Crippen molar-refractivity contribution in [3.05, 3.63) is 71.9 Å². The minimum Gasteiger partial charge on any atom is -0.461 e. The van der Waals surface area contributed by atoms with Crippen LogP contribution in [-0.2, 0) is 70.4 Å². The van der Waals surface area contributed by atoms with Crippen molar-refractivity contribution in [2.75, 3.05) is 54.5 Å². The SMILES string of the molecule is CC[C@H](C)[C@@H]([C@@H](CC(=O)N1CCC[C@H]1[C@H](OC)[C@@H](C)C(=O)C[C@@H](Cc1c[nH]c2ccccc12)C(=O)OCc1ccccc1)OC)N(C)C(=O)[C@@H](CC(=O)[C@H](C(C)C)N(C)CCCC(=O)CNC(=O)CCCCCN1C(=O)CC(C)C1=O)C(C)C. The number of ketones is 3. The number of rotatable bonds is 37. The number of aromatic amines is 1. The van der Waals surface area contributed by atoms with E-state index in [0.717, 1.165) is 22.0 Å². The Kier molecular flexibility index (Phi) is 27.4. The quantitative estimate of drug-likeness (QED) is 0.0314. The van der Waals surface area contributed by atoms with Gasteiger partial charge in [-0.25, -0.2) is 0 Å². The average Bonchev–Trinajstić information content (AvgIpc) is 3.56. The van der Waals surface area contributed by atoms with Gasteiger partial charge in [0.1, 0.15) is 12.4 Å². The summed E-state index contributed by atoms with van der Waals surface area (Å²) in [6.07, 6.45) is 5.72. The first kappa shape index (κ1) is 68.7. The molecule has 18 nitrogen and oxygen atoms in total. The molecule has 5 rings (SSSR count). The molecule has 84 heavy (non-hydrogen) atoms. The molecule has 2 saturated heterocycles. The second-order valence-corrected chi connectivity index (χ2v) is 24.5. The minimum atomic E-state index is -0.772. The van der Waals surface area contributed by atoms with Gasteiger partial charge in [-0.2, -0.15) is 0 Å². The summed E-state index contributed by atoms with van der Waals surface area (Å²) in [4.78, 5) is 132. The number of likely N-dealkylation sites (tertiary alicyclic amines) is 2. The molecule has 2 aliphatic rings. The number of hydrogen-bond donors (Lipinski definition) is 2. The standard InChI is InChI=1S/C66H98N6O12/c1-13-44(6)62(70(10)65(80)52(42(2)3)37-56(75)61(43(4)5)69(9)31-22-26-50(73)40-68-58(76)30-18-15-21-32-72-59(77)34-45(7)64(72)79)57(82-11)38-60(78)71-33-23-29-54(71)63(83-12)46(8)55(74)36-48(66(81)84-41-47-24-16-14-17-25-47)35-49-39-67-53-28-20-19-27-51(49)53/h14,16-17,19-20,24-25,27-28,39,42-46,48,52,54,57,61-63,67H,13,15,18,21-23,26,29-38,40-41H2,1-12H3,(H,68,76)/t44-,45?,46-,48+,52-,54-,57+,61-,62-,63+/m0/s1. The van der Waals surface area contributed by atoms with Gasteiger partial charge in [0.05, 0.1) is 49.2 Å². The van der Waals surface area contributed by atoms with Gasteiger partial charge in [-0.3, -0.25) is 53.0 Å². The number of para-hydroxylation sites is 1. The summed E-state index contributed by atoms with van der Waals surface area (Å²) in [5, 5.41) is 3.68. The second kappa shape index (κ2) is 33.5. The topological polar surface area (TPSA) is 222 Å². The van der Waals surface area contributed by atoms with Crippen LogP contribution in [0.1, 0.15) is 150 Å². The van der Waals surface area contributed by atoms with Gasteiger partial charge < -0.3 is 34.3 Å². The Morgan fingerprint density at radius 3 is 2.15 bits per heavy atom. The van der Waals surface area contributed by atoms with Gasteiger partial charge in [0.15, 0.2) is 11.6 Å². The highest BCUT2D eigenvalue weighted by Gasteiger charge is 2.44. The molecule has 5 amide bonds. The lowest BCUT2D eigenvalue weighted by Gasteiger charge is -2.41. The fourth-order valence-electron chi connectivity index (χ4n) is 12.6. The van der Waals surface area contributed by atoms with E-state index in [9.17, 15) is 43.2 Å². The number of amides is 5. The van der Waals surface area contributed by atoms with E-state index in [1.165, 1.54) is 4.90 Å². The van der Waals surface area contributed by atoms with E-state index in [0.29, 0.717) is 64.6 Å². The maximum absolute atomic E-state index is 14.9. The van der Waals surface area contributed by atoms with E-state index < -0.39 is 54.1 Å². The predicted molar refractivity (Wildman–Crippen MR) is 323 cm³/mol. The molecule has 0 radical (unpaired) electrons. The number of ether oxygens (including phenoxy) is 3. The van der Waals surface area contributed by atoms with Crippen molar-refractivity contribution in [3.8, 4) is 0 Å². The van der Waals surface area contributed by atoms with Crippen LogP contribution in [0.5, 0.6) is 0 Å². The summed E-state index contributed by atoms with van der Waals surface area (Å²) in [6.45, 7) is 16.7. The third kappa shape index (κ3) is 18.9. The molecule has 2 aromatic carbocycles. The van der Waals surface area contributed by atoms with Crippen LogP contribution >= 0.6 is 0 Å². The number of carbonyl (C=O) groups is 9. The Balaban J connectivity index is 1.17. The molecule has 2 fully saturated rings. The van der Waals surface area contributed by atoms with Crippen LogP contribution in [0, 0.1) is 41.4 Å². The molecule has 10 atom stereocenters. The lowest BCUT2D eigenvalue weighted by molar-refractivity contribution is -0.152. The van der Waals surface area contributed by atoms with E-state index in [2.05, 4.69) is 10.3 Å². The first-order valence-corrected chi connectivity index (χ1v) is 30.8. The Bertz CT molecular complexity index is 2670. The van der Waals surface area contributed by atoms with E-state index >= 15 is 0 Å². The maximum atomic E-state index is 14.9. The van der Waals surface area contributed by atoms with Crippen molar-refractivity contribution in [2.45, 2.75) is 182 Å². The number of fused-ring (bicyclic) bond motifs is 1. The number of esters is 1. The van der Waals surface area contributed by atoms with Gasteiger partial charge in [-0.05, 0) is 87.1 Å². The molecule has 0 aliphatic carbocycles. The Labute approximate surface area is 499 Å². The van der Waals surface area contributed by atoms with Crippen molar-refractivity contribution < 1.29 is 57.4 Å². The number of nitrogens with one attached hydrogen (secondary N) is 2. The van der Waals surface area contributed by atoms with Crippen molar-refractivity contribution in [2.24, 2.45) is 41.4 Å². The van der Waals surface area contributed by atoms with Crippen molar-refractivity contribution in [1.82, 2.24) is 29.9 Å². The molecule has 1 aromatic heterocycles. The number of aromatic nitrogens is 1. The summed E-state index contributed by atoms with van der Waals surface area (Å²) in [6, 6.07) is 15.8. The molecule has 2 aliphatic heterocycles. The van der Waals surface area contributed by atoms with Crippen LogP contribution < -0.4 is 5.32 Å². The van der Waals surface area contributed by atoms with Crippen LogP contribution in [0.3, 0.4) is 0 Å². The monoisotopic (exact) mass is 1170 g/mol. The zero-order valence-electron chi connectivity index (χ0n) is 52.3. The Morgan fingerprint density at radius 2 is 1.51 bits per heavy atom. The number of Topliss-reactive ketones (excluding diaryl/α,β-unsaturated/α-hetero) is 3. The lowest BCUT2D eigenvalue weighted by Crippen LogP contribution is -2.54. The molecule has 0 saturated carbocycles. The zero-order valence-corrected chi connectivity index (χ0v) is 52.3. The highest BCUT2D eigenvalue weighted by Crippen LogP contribution is 2.33. The first-order chi connectivity index (χ1) is 40.0. The third-order valence-electron chi connectivity index (χ3n) is 17.7. The summed E-state index contributed by atoms with van der Waals surface area (Å²) in [5.41, 5.74) is 2.67. The number of unbranched alkanes of at least 4 members (excludes halogenated alkanes) is 2. The van der Waals surface area contributed by atoms with Gasteiger partial charge in [0, 0.05) is 101 Å². The van der Waals surface area contributed by atoms with Crippen LogP contribution in [0.4, 0.5) is 0 Å². The number of likely N-dealkylation sites (N-methyl/N-ethyl adjacent to an activating group) is 2. The minimum absolute atomic E-state index is 0.0000801. The summed E-state index contributed by atoms with van der Waals surface area (Å²) in [7, 11) is 6.70. The number of nitrogens with zero attached hydrogens (tertiary/aromatic N) is 4. The highest BCUT2D eigenvalue weighted by molar-refractivity contribution is 6.03. The smallest absolute Gasteiger partial charge is 0.310 e. The van der Waals surface area contributed by atoms with Crippen LogP contribution in [0.15, 0.2) is 60.8 Å². The molecule has 18 heteroatoms. The van der Waals surface area contributed by atoms with Gasteiger partial charge in [-0.15, -0.1) is 0 Å². The van der Waals surface area contributed by atoms with Crippen molar-refractivity contribution >= 4 is 63.8 Å². The van der Waals surface area contributed by atoms with E-state index in [1.54, 1.807) is 44.9 Å². The van der Waals surface area contributed by atoms with Crippen LogP contribution in [-0.4, -0.2) is 162 Å². The van der Waals surface area contributed by atoms with Gasteiger partial charge >= 0.3 is 5.97 Å². The summed E-state index contributed by atoms with van der Waals surface area (Å²) in [5.74, 6) is -4.53.